The van der Waals surface area contributed by atoms with Crippen molar-refractivity contribution in [2.45, 2.75) is 30.8 Å². The summed E-state index contributed by atoms with van der Waals surface area (Å²) in [4.78, 5) is 4.41. The Kier molecular flexibility index (Phi) is 5.03. The normalized spacial score (nSPS) is 12.0. The molecule has 0 bridgehead atoms. The Balaban J connectivity index is 2.26. The van der Waals surface area contributed by atoms with Crippen LogP contribution in [0.2, 0.25) is 0 Å². The molecule has 0 aliphatic carbocycles. The van der Waals surface area contributed by atoms with Gasteiger partial charge in [0.2, 0.25) is 10.0 Å². The molecule has 2 aromatic rings. The van der Waals surface area contributed by atoms with E-state index in [1.807, 2.05) is 17.6 Å². The molecule has 0 amide bonds. The number of halogens is 1. The molecule has 0 radical (unpaired) electrons. The van der Waals surface area contributed by atoms with Gasteiger partial charge in [0.25, 0.3) is 0 Å². The Bertz CT molecular complexity index is 677. The average Bonchev–Trinajstić information content (AvgIpc) is 2.92. The number of aryl methyl sites for hydroxylation is 1. The van der Waals surface area contributed by atoms with Gasteiger partial charge < -0.3 is 4.57 Å². The molecule has 0 aliphatic heterocycles. The van der Waals surface area contributed by atoms with Crippen LogP contribution in [-0.4, -0.2) is 29.3 Å². The largest absolute Gasteiger partial charge is 0.349 e. The lowest BCUT2D eigenvalue weighted by atomic mass is 10.3. The van der Waals surface area contributed by atoms with Gasteiger partial charge in [0.1, 0.15) is 4.90 Å². The third kappa shape index (κ3) is 3.45. The molecule has 0 fully saturated rings. The Labute approximate surface area is 130 Å². The SMILES string of the molecule is CCn1cc(S(=O)(=O)N(C)Cc2ccccn2)cc1CCl. The van der Waals surface area contributed by atoms with Crippen molar-refractivity contribution in [2.24, 2.45) is 0 Å². The molecule has 7 heteroatoms. The highest BCUT2D eigenvalue weighted by Gasteiger charge is 2.23. The highest BCUT2D eigenvalue weighted by molar-refractivity contribution is 7.89. The molecular formula is C14H18ClN3O2S. The van der Waals surface area contributed by atoms with E-state index in [0.29, 0.717) is 12.2 Å². The van der Waals surface area contributed by atoms with E-state index in [4.69, 9.17) is 11.6 Å². The van der Waals surface area contributed by atoms with Gasteiger partial charge in [-0.3, -0.25) is 4.98 Å². The number of pyridine rings is 1. The molecule has 21 heavy (non-hydrogen) atoms. The third-order valence-electron chi connectivity index (χ3n) is 3.26. The van der Waals surface area contributed by atoms with Crippen molar-refractivity contribution in [1.82, 2.24) is 13.9 Å². The quantitative estimate of drug-likeness (QED) is 0.766. The zero-order valence-corrected chi connectivity index (χ0v) is 13.6. The summed E-state index contributed by atoms with van der Waals surface area (Å²) in [7, 11) is -2.00. The summed E-state index contributed by atoms with van der Waals surface area (Å²) in [6.07, 6.45) is 3.27. The highest BCUT2D eigenvalue weighted by atomic mass is 35.5. The molecule has 2 heterocycles. The molecule has 0 atom stereocenters. The lowest BCUT2D eigenvalue weighted by Gasteiger charge is -2.15. The van der Waals surface area contributed by atoms with Gasteiger partial charge in [-0.2, -0.15) is 4.31 Å². The number of hydrogen-bond acceptors (Lipinski definition) is 3. The minimum Gasteiger partial charge on any atom is -0.349 e. The van der Waals surface area contributed by atoms with Gasteiger partial charge in [-0.15, -0.1) is 11.6 Å². The van der Waals surface area contributed by atoms with E-state index in [-0.39, 0.29) is 17.3 Å². The molecule has 0 saturated heterocycles. The van der Waals surface area contributed by atoms with E-state index in [0.717, 1.165) is 5.69 Å². The maximum absolute atomic E-state index is 12.6. The van der Waals surface area contributed by atoms with Gasteiger partial charge in [-0.1, -0.05) is 6.07 Å². The zero-order chi connectivity index (χ0) is 15.5. The van der Waals surface area contributed by atoms with E-state index in [9.17, 15) is 8.42 Å². The van der Waals surface area contributed by atoms with E-state index < -0.39 is 10.0 Å². The second-order valence-electron chi connectivity index (χ2n) is 4.67. The summed E-state index contributed by atoms with van der Waals surface area (Å²) in [6.45, 7) is 2.86. The van der Waals surface area contributed by atoms with Crippen molar-refractivity contribution < 1.29 is 8.42 Å². The Morgan fingerprint density at radius 3 is 2.67 bits per heavy atom. The Hall–Kier alpha value is -1.37. The molecule has 0 saturated carbocycles. The standard InChI is InChI=1S/C14H18ClN3O2S/c1-3-18-11-14(8-13(18)9-15)21(19,20)17(2)10-12-6-4-5-7-16-12/h4-8,11H,3,9-10H2,1-2H3. The van der Waals surface area contributed by atoms with Gasteiger partial charge >= 0.3 is 0 Å². The van der Waals surface area contributed by atoms with Crippen molar-refractivity contribution in [3.05, 3.63) is 48.0 Å². The summed E-state index contributed by atoms with van der Waals surface area (Å²) in [5, 5.41) is 0. The second-order valence-corrected chi connectivity index (χ2v) is 6.98. The lowest BCUT2D eigenvalue weighted by molar-refractivity contribution is 0.462. The van der Waals surface area contributed by atoms with Gasteiger partial charge in [-0.05, 0) is 25.1 Å². The number of rotatable bonds is 6. The topological polar surface area (TPSA) is 55.2 Å². The molecule has 114 valence electrons. The van der Waals surface area contributed by atoms with Gasteiger partial charge in [0.15, 0.2) is 0 Å². The van der Waals surface area contributed by atoms with Crippen LogP contribution >= 0.6 is 11.6 Å². The van der Waals surface area contributed by atoms with Crippen molar-refractivity contribution >= 4 is 21.6 Å². The van der Waals surface area contributed by atoms with Crippen LogP contribution in [0.5, 0.6) is 0 Å². The summed E-state index contributed by atoms with van der Waals surface area (Å²) < 4.78 is 28.3. The maximum Gasteiger partial charge on any atom is 0.244 e. The minimum absolute atomic E-state index is 0.233. The second kappa shape index (κ2) is 6.60. The molecule has 0 aromatic carbocycles. The lowest BCUT2D eigenvalue weighted by Crippen LogP contribution is -2.26. The van der Waals surface area contributed by atoms with Gasteiger partial charge in [-0.25, -0.2) is 8.42 Å². The van der Waals surface area contributed by atoms with Crippen LogP contribution in [-0.2, 0) is 29.0 Å². The van der Waals surface area contributed by atoms with Crippen LogP contribution in [0.3, 0.4) is 0 Å². The number of nitrogens with zero attached hydrogens (tertiary/aromatic N) is 3. The smallest absolute Gasteiger partial charge is 0.244 e. The zero-order valence-electron chi connectivity index (χ0n) is 12.0. The van der Waals surface area contributed by atoms with Crippen LogP contribution in [0.15, 0.2) is 41.6 Å². The molecule has 0 aliphatic rings. The molecule has 0 unspecified atom stereocenters. The first kappa shape index (κ1) is 16.0. The summed E-state index contributed by atoms with van der Waals surface area (Å²) in [6, 6.07) is 7.06. The number of sulfonamides is 1. The monoisotopic (exact) mass is 327 g/mol. The number of alkyl halides is 1. The van der Waals surface area contributed by atoms with Crippen LogP contribution in [0.1, 0.15) is 18.3 Å². The fraction of sp³-hybridized carbons (Fsp3) is 0.357. The molecule has 2 rings (SSSR count). The highest BCUT2D eigenvalue weighted by Crippen LogP contribution is 2.20. The fourth-order valence-electron chi connectivity index (χ4n) is 2.06. The molecular weight excluding hydrogens is 310 g/mol. The molecule has 5 nitrogen and oxygen atoms in total. The molecule has 0 spiro atoms. The van der Waals surface area contributed by atoms with E-state index >= 15 is 0 Å². The maximum atomic E-state index is 12.6. The Morgan fingerprint density at radius 1 is 1.38 bits per heavy atom. The predicted octanol–water partition coefficient (Wildman–Crippen LogP) is 2.46. The summed E-state index contributed by atoms with van der Waals surface area (Å²) in [5.41, 5.74) is 1.50. The average molecular weight is 328 g/mol. The first-order valence-electron chi connectivity index (χ1n) is 6.60. The minimum atomic E-state index is -3.55. The van der Waals surface area contributed by atoms with Crippen LogP contribution in [0.25, 0.3) is 0 Å². The van der Waals surface area contributed by atoms with E-state index in [2.05, 4.69) is 4.98 Å². The predicted molar refractivity (Wildman–Crippen MR) is 82.6 cm³/mol. The van der Waals surface area contributed by atoms with Gasteiger partial charge in [0, 0.05) is 31.7 Å². The van der Waals surface area contributed by atoms with Crippen molar-refractivity contribution in [3.63, 3.8) is 0 Å². The van der Waals surface area contributed by atoms with Crippen molar-refractivity contribution in [3.8, 4) is 0 Å². The number of hydrogen-bond donors (Lipinski definition) is 0. The first-order valence-corrected chi connectivity index (χ1v) is 8.57. The van der Waals surface area contributed by atoms with E-state index in [1.165, 1.54) is 4.31 Å². The van der Waals surface area contributed by atoms with Crippen molar-refractivity contribution in [2.75, 3.05) is 7.05 Å². The van der Waals surface area contributed by atoms with Crippen LogP contribution < -0.4 is 0 Å². The first-order chi connectivity index (χ1) is 9.98. The van der Waals surface area contributed by atoms with E-state index in [1.54, 1.807) is 37.6 Å². The van der Waals surface area contributed by atoms with Crippen molar-refractivity contribution in [1.29, 1.82) is 0 Å². The molecule has 0 N–H and O–H groups in total. The Morgan fingerprint density at radius 2 is 2.14 bits per heavy atom. The summed E-state index contributed by atoms with van der Waals surface area (Å²) >= 11 is 5.84. The number of aromatic nitrogens is 2. The third-order valence-corrected chi connectivity index (χ3v) is 5.30. The fourth-order valence-corrected chi connectivity index (χ4v) is 3.49. The van der Waals surface area contributed by atoms with Crippen LogP contribution in [0.4, 0.5) is 0 Å². The van der Waals surface area contributed by atoms with Crippen LogP contribution in [0, 0.1) is 0 Å². The molecule has 2 aromatic heterocycles. The summed E-state index contributed by atoms with van der Waals surface area (Å²) in [5.74, 6) is 0.285. The van der Waals surface area contributed by atoms with Gasteiger partial charge in [0.05, 0.1) is 18.1 Å².